The molecule has 26 heavy (non-hydrogen) atoms. The highest BCUT2D eigenvalue weighted by molar-refractivity contribution is 7.56. The van der Waals surface area contributed by atoms with E-state index in [1.807, 2.05) is 48.5 Å². The van der Waals surface area contributed by atoms with E-state index in [2.05, 4.69) is 25.1 Å². The Hall–Kier alpha value is -2.15. The van der Waals surface area contributed by atoms with Gasteiger partial charge < -0.3 is 10.2 Å². The molecular weight excluding hydrogens is 339 g/mol. The van der Waals surface area contributed by atoms with Gasteiger partial charge >= 0.3 is 0 Å². The minimum atomic E-state index is -0.911. The molecule has 0 radical (unpaired) electrons. The van der Waals surface area contributed by atoms with Crippen LogP contribution in [0.5, 0.6) is 5.75 Å². The first kappa shape index (κ1) is 18.6. The van der Waals surface area contributed by atoms with E-state index in [-0.39, 0.29) is 0 Å². The third-order valence-electron chi connectivity index (χ3n) is 4.55. The summed E-state index contributed by atoms with van der Waals surface area (Å²) in [5, 5.41) is 23.4. The van der Waals surface area contributed by atoms with Crippen LogP contribution in [-0.4, -0.2) is 10.2 Å². The van der Waals surface area contributed by atoms with Gasteiger partial charge in [-0.05, 0) is 48.3 Å². The average Bonchev–Trinajstić information content (AvgIpc) is 2.60. The van der Waals surface area contributed by atoms with Gasteiger partial charge in [0.25, 0.3) is 0 Å². The second-order valence-electron chi connectivity index (χ2n) is 7.16. The smallest absolute Gasteiger partial charge is 0.126 e. The third kappa shape index (κ3) is 4.15. The van der Waals surface area contributed by atoms with Gasteiger partial charge in [0.1, 0.15) is 5.75 Å². The highest BCUT2D eigenvalue weighted by atomic mass is 31.1. The van der Waals surface area contributed by atoms with E-state index in [1.54, 1.807) is 13.8 Å². The molecule has 0 spiro atoms. The lowest BCUT2D eigenvalue weighted by Gasteiger charge is -2.23. The number of hydrogen-bond acceptors (Lipinski definition) is 2. The predicted molar refractivity (Wildman–Crippen MR) is 111 cm³/mol. The number of phenolic OH excluding ortho intramolecular Hbond substituents is 1. The van der Waals surface area contributed by atoms with Crippen LogP contribution in [0, 0.1) is 6.92 Å². The molecule has 0 fully saturated rings. The van der Waals surface area contributed by atoms with Gasteiger partial charge in [-0.15, -0.1) is 0 Å². The molecule has 1 atom stereocenters. The number of aromatic hydroxyl groups is 1. The van der Waals surface area contributed by atoms with Gasteiger partial charge in [-0.2, -0.15) is 0 Å². The standard InChI is InChI=1S/C23H25O2P/c1-16-9-7-13-19(23(2,3)25)22(16)26-20-14-8-12-18(21(20)24)15-17-10-5-4-6-11-17/h4-14,24-26H,15H2,1-3H3. The topological polar surface area (TPSA) is 40.5 Å². The average molecular weight is 364 g/mol. The fourth-order valence-electron chi connectivity index (χ4n) is 3.13. The normalized spacial score (nSPS) is 12.0. The number of hydrogen-bond donors (Lipinski definition) is 2. The van der Waals surface area contributed by atoms with Crippen molar-refractivity contribution in [3.63, 3.8) is 0 Å². The maximum Gasteiger partial charge on any atom is 0.126 e. The molecule has 0 saturated carbocycles. The van der Waals surface area contributed by atoms with Crippen molar-refractivity contribution in [3.8, 4) is 5.75 Å². The van der Waals surface area contributed by atoms with Gasteiger partial charge in [-0.1, -0.05) is 75.3 Å². The summed E-state index contributed by atoms with van der Waals surface area (Å²) in [6.07, 6.45) is 0.705. The van der Waals surface area contributed by atoms with Crippen molar-refractivity contribution < 1.29 is 10.2 Å². The molecular formula is C23H25O2P. The largest absolute Gasteiger partial charge is 0.507 e. The van der Waals surface area contributed by atoms with E-state index in [0.717, 1.165) is 27.3 Å². The van der Waals surface area contributed by atoms with Crippen molar-refractivity contribution in [1.82, 2.24) is 0 Å². The monoisotopic (exact) mass is 364 g/mol. The lowest BCUT2D eigenvalue weighted by Crippen LogP contribution is -2.25. The molecule has 0 bridgehead atoms. The van der Waals surface area contributed by atoms with E-state index in [4.69, 9.17) is 0 Å². The zero-order valence-electron chi connectivity index (χ0n) is 15.5. The molecule has 0 aliphatic heterocycles. The first-order chi connectivity index (χ1) is 12.4. The van der Waals surface area contributed by atoms with Crippen molar-refractivity contribution in [2.45, 2.75) is 32.8 Å². The van der Waals surface area contributed by atoms with Crippen molar-refractivity contribution >= 4 is 19.2 Å². The summed E-state index contributed by atoms with van der Waals surface area (Å²) < 4.78 is 0. The number of phenols is 1. The van der Waals surface area contributed by atoms with Crippen LogP contribution in [0.25, 0.3) is 0 Å². The van der Waals surface area contributed by atoms with Crippen molar-refractivity contribution in [2.75, 3.05) is 0 Å². The number of para-hydroxylation sites is 1. The van der Waals surface area contributed by atoms with E-state index < -0.39 is 5.60 Å². The van der Waals surface area contributed by atoms with Crippen molar-refractivity contribution in [2.24, 2.45) is 0 Å². The molecule has 3 heteroatoms. The molecule has 0 aliphatic carbocycles. The van der Waals surface area contributed by atoms with Crippen LogP contribution in [-0.2, 0) is 12.0 Å². The molecule has 1 unspecified atom stereocenters. The molecule has 3 rings (SSSR count). The summed E-state index contributed by atoms with van der Waals surface area (Å²) in [6.45, 7) is 5.67. The molecule has 134 valence electrons. The molecule has 2 nitrogen and oxygen atoms in total. The summed E-state index contributed by atoms with van der Waals surface area (Å²) >= 11 is 0. The number of aliphatic hydroxyl groups is 1. The van der Waals surface area contributed by atoms with Crippen molar-refractivity contribution in [1.29, 1.82) is 0 Å². The molecule has 0 aromatic heterocycles. The van der Waals surface area contributed by atoms with Gasteiger partial charge in [0.05, 0.1) is 5.60 Å². The lowest BCUT2D eigenvalue weighted by atomic mass is 9.97. The summed E-state index contributed by atoms with van der Waals surface area (Å²) in [6, 6.07) is 22.1. The van der Waals surface area contributed by atoms with Crippen LogP contribution >= 0.6 is 8.58 Å². The maximum absolute atomic E-state index is 10.8. The second kappa shape index (κ2) is 7.61. The van der Waals surface area contributed by atoms with Crippen LogP contribution in [0.1, 0.15) is 36.1 Å². The van der Waals surface area contributed by atoms with Crippen LogP contribution in [0.2, 0.25) is 0 Å². The van der Waals surface area contributed by atoms with Crippen LogP contribution in [0.4, 0.5) is 0 Å². The van der Waals surface area contributed by atoms with Gasteiger partial charge in [0.15, 0.2) is 0 Å². The Labute approximate surface area is 157 Å². The number of benzene rings is 3. The highest BCUT2D eigenvalue weighted by Crippen LogP contribution is 2.29. The van der Waals surface area contributed by atoms with Crippen molar-refractivity contribution in [3.05, 3.63) is 89.0 Å². The molecule has 3 aromatic carbocycles. The summed E-state index contributed by atoms with van der Waals surface area (Å²) in [4.78, 5) is 0. The molecule has 2 N–H and O–H groups in total. The summed E-state index contributed by atoms with van der Waals surface area (Å²) in [7, 11) is 0.294. The first-order valence-electron chi connectivity index (χ1n) is 8.80. The zero-order valence-corrected chi connectivity index (χ0v) is 16.5. The highest BCUT2D eigenvalue weighted by Gasteiger charge is 2.22. The summed E-state index contributed by atoms with van der Waals surface area (Å²) in [5.41, 5.74) is 3.25. The zero-order chi connectivity index (χ0) is 18.7. The quantitative estimate of drug-likeness (QED) is 0.668. The van der Waals surface area contributed by atoms with Gasteiger partial charge in [-0.25, -0.2) is 0 Å². The minimum Gasteiger partial charge on any atom is -0.507 e. The predicted octanol–water partition coefficient (Wildman–Crippen LogP) is 4.15. The third-order valence-corrected chi connectivity index (χ3v) is 6.14. The fraction of sp³-hybridized carbons (Fsp3) is 0.217. The Balaban J connectivity index is 1.96. The molecule has 0 aliphatic rings. The SMILES string of the molecule is Cc1cccc(C(C)(C)O)c1Pc1cccc(Cc2ccccc2)c1O. The Kier molecular flexibility index (Phi) is 5.46. The van der Waals surface area contributed by atoms with Crippen LogP contribution in [0.3, 0.4) is 0 Å². The molecule has 3 aromatic rings. The van der Waals surface area contributed by atoms with E-state index in [0.29, 0.717) is 20.8 Å². The Bertz CT molecular complexity index is 896. The Morgan fingerprint density at radius 1 is 0.885 bits per heavy atom. The Morgan fingerprint density at radius 3 is 2.27 bits per heavy atom. The van der Waals surface area contributed by atoms with E-state index in [9.17, 15) is 10.2 Å². The molecule has 0 heterocycles. The summed E-state index contributed by atoms with van der Waals surface area (Å²) in [5.74, 6) is 0.361. The maximum atomic E-state index is 10.8. The lowest BCUT2D eigenvalue weighted by molar-refractivity contribution is 0.0797. The minimum absolute atomic E-state index is 0.294. The number of rotatable bonds is 5. The van der Waals surface area contributed by atoms with E-state index in [1.165, 1.54) is 5.56 Å². The van der Waals surface area contributed by atoms with Gasteiger partial charge in [-0.3, -0.25) is 0 Å². The molecule has 0 saturated heterocycles. The van der Waals surface area contributed by atoms with E-state index >= 15 is 0 Å². The number of aryl methyl sites for hydroxylation is 1. The second-order valence-corrected chi connectivity index (χ2v) is 8.45. The van der Waals surface area contributed by atoms with Gasteiger partial charge in [0.2, 0.25) is 0 Å². The van der Waals surface area contributed by atoms with Crippen LogP contribution in [0.15, 0.2) is 66.7 Å². The van der Waals surface area contributed by atoms with Crippen LogP contribution < -0.4 is 10.6 Å². The first-order valence-corrected chi connectivity index (χ1v) is 9.80. The Morgan fingerprint density at radius 2 is 1.58 bits per heavy atom. The van der Waals surface area contributed by atoms with Gasteiger partial charge in [0, 0.05) is 11.7 Å². The molecule has 0 amide bonds. The fourth-order valence-corrected chi connectivity index (χ4v) is 4.66.